The topological polar surface area (TPSA) is 157 Å². The number of methoxy groups -OCH3 is 1. The van der Waals surface area contributed by atoms with Gasteiger partial charge < -0.3 is 30.7 Å². The Kier molecular flexibility index (Phi) is 8.11. The van der Waals surface area contributed by atoms with Crippen molar-refractivity contribution in [2.45, 2.75) is 83.3 Å². The Labute approximate surface area is 217 Å². The van der Waals surface area contributed by atoms with Crippen LogP contribution in [0.1, 0.15) is 65.2 Å². The Balaban J connectivity index is 1.54. The van der Waals surface area contributed by atoms with Crippen molar-refractivity contribution in [2.75, 3.05) is 20.4 Å². The average molecular weight is 521 g/mol. The van der Waals surface area contributed by atoms with Gasteiger partial charge in [-0.15, -0.1) is 0 Å². The Bertz CT molecular complexity index is 928. The van der Waals surface area contributed by atoms with Gasteiger partial charge in [0.15, 0.2) is 6.79 Å². The standard InChI is InChI=1S/C26H40N4O7/c1-26(2)16-12-30(24(34)19(15-7-5-4-6-8-15)29-25(35)37-13-36-3)20(18(16)26)23(33)28-17(11-14-9-10-14)21(31)22(27)32/h14-20H,4-13H2,1-3H3,(H2,27,32)(H,28,33)(H,29,35)/t16?,17?,18?,19-,20-/m0/s1. The first-order valence-electron chi connectivity index (χ1n) is 13.4. The van der Waals surface area contributed by atoms with Crippen LogP contribution in [0, 0.1) is 29.1 Å². The van der Waals surface area contributed by atoms with Crippen LogP contribution < -0.4 is 16.4 Å². The van der Waals surface area contributed by atoms with E-state index in [0.717, 1.165) is 44.9 Å². The summed E-state index contributed by atoms with van der Waals surface area (Å²) in [6.07, 6.45) is 6.09. The van der Waals surface area contributed by atoms with Gasteiger partial charge in [-0.25, -0.2) is 4.79 Å². The van der Waals surface area contributed by atoms with Crippen molar-refractivity contribution in [2.24, 2.45) is 34.8 Å². The van der Waals surface area contributed by atoms with Crippen molar-refractivity contribution in [3.05, 3.63) is 0 Å². The number of nitrogens with one attached hydrogen (secondary N) is 2. The highest BCUT2D eigenvalue weighted by Crippen LogP contribution is 2.65. The maximum absolute atomic E-state index is 14.0. The second kappa shape index (κ2) is 11.0. The first-order chi connectivity index (χ1) is 17.6. The van der Waals surface area contributed by atoms with Gasteiger partial charge in [-0.1, -0.05) is 46.0 Å². The summed E-state index contributed by atoms with van der Waals surface area (Å²) in [5.74, 6) is -2.39. The van der Waals surface area contributed by atoms with Crippen molar-refractivity contribution in [3.63, 3.8) is 0 Å². The predicted octanol–water partition coefficient (Wildman–Crippen LogP) is 1.09. The average Bonchev–Trinajstić information content (AvgIpc) is 3.72. The molecule has 0 aromatic heterocycles. The quantitative estimate of drug-likeness (QED) is 0.272. The van der Waals surface area contributed by atoms with Crippen LogP contribution in [-0.2, 0) is 28.7 Å². The van der Waals surface area contributed by atoms with E-state index in [9.17, 15) is 24.0 Å². The molecular formula is C26H40N4O7. The molecule has 1 heterocycles. The number of carbonyl (C=O) groups is 5. The van der Waals surface area contributed by atoms with Crippen molar-refractivity contribution in [3.8, 4) is 0 Å². The van der Waals surface area contributed by atoms with Crippen LogP contribution >= 0.6 is 0 Å². The first-order valence-corrected chi connectivity index (χ1v) is 13.4. The number of amides is 4. The molecule has 4 rings (SSSR count). The van der Waals surface area contributed by atoms with Gasteiger partial charge in [-0.05, 0) is 48.3 Å². The smallest absolute Gasteiger partial charge is 0.409 e. The second-order valence-corrected chi connectivity index (χ2v) is 11.7. The molecule has 0 radical (unpaired) electrons. The summed E-state index contributed by atoms with van der Waals surface area (Å²) in [6.45, 7) is 4.30. The third-order valence-electron chi connectivity index (χ3n) is 8.87. The number of likely N-dealkylation sites (tertiary alicyclic amines) is 1. The minimum absolute atomic E-state index is 0.0657. The molecule has 1 aliphatic heterocycles. The van der Waals surface area contributed by atoms with Crippen molar-refractivity contribution in [1.82, 2.24) is 15.5 Å². The van der Waals surface area contributed by atoms with Gasteiger partial charge in [0.1, 0.15) is 12.1 Å². The van der Waals surface area contributed by atoms with E-state index in [1.807, 2.05) is 0 Å². The summed E-state index contributed by atoms with van der Waals surface area (Å²) >= 11 is 0. The van der Waals surface area contributed by atoms with Crippen LogP contribution in [-0.4, -0.2) is 73.1 Å². The van der Waals surface area contributed by atoms with E-state index in [1.165, 1.54) is 7.11 Å². The first kappa shape index (κ1) is 27.3. The third-order valence-corrected chi connectivity index (χ3v) is 8.87. The number of hydrogen-bond acceptors (Lipinski definition) is 7. The van der Waals surface area contributed by atoms with Gasteiger partial charge in [0.2, 0.25) is 17.6 Å². The van der Waals surface area contributed by atoms with Crippen molar-refractivity contribution >= 4 is 29.6 Å². The normalized spacial score (nSPS) is 28.0. The molecule has 11 heteroatoms. The molecule has 206 valence electrons. The molecule has 3 saturated carbocycles. The fourth-order valence-electron chi connectivity index (χ4n) is 6.47. The zero-order chi connectivity index (χ0) is 26.9. The SMILES string of the molecule is COCOC(=O)N[C@H](C(=O)N1CC2C([C@H]1C(=O)NC(CC1CC1)C(=O)C(N)=O)C2(C)C)C1CCCCC1. The number of primary amides is 1. The molecule has 4 aliphatic rings. The molecule has 3 unspecified atom stereocenters. The third kappa shape index (κ3) is 5.91. The van der Waals surface area contributed by atoms with E-state index in [0.29, 0.717) is 13.0 Å². The molecule has 0 spiro atoms. The fourth-order valence-corrected chi connectivity index (χ4v) is 6.47. The van der Waals surface area contributed by atoms with E-state index in [1.54, 1.807) is 4.90 Å². The number of piperidine rings is 1. The largest absolute Gasteiger partial charge is 0.422 e. The number of rotatable bonds is 11. The predicted molar refractivity (Wildman–Crippen MR) is 132 cm³/mol. The van der Waals surface area contributed by atoms with Gasteiger partial charge in [-0.2, -0.15) is 0 Å². The van der Waals surface area contributed by atoms with Gasteiger partial charge in [0.25, 0.3) is 5.91 Å². The maximum Gasteiger partial charge on any atom is 0.409 e. The van der Waals surface area contributed by atoms with Crippen molar-refractivity contribution in [1.29, 1.82) is 0 Å². The Morgan fingerprint density at radius 1 is 1.03 bits per heavy atom. The summed E-state index contributed by atoms with van der Waals surface area (Å²) in [5.41, 5.74) is 5.12. The lowest BCUT2D eigenvalue weighted by Crippen LogP contribution is -2.59. The minimum atomic E-state index is -1.08. The van der Waals surface area contributed by atoms with Crippen LogP contribution in [0.25, 0.3) is 0 Å². The highest BCUT2D eigenvalue weighted by Gasteiger charge is 2.69. The fraction of sp³-hybridized carbons (Fsp3) is 0.808. The zero-order valence-electron chi connectivity index (χ0n) is 22.0. The van der Waals surface area contributed by atoms with E-state index in [4.69, 9.17) is 15.2 Å². The number of alkyl carbamates (subject to hydrolysis) is 1. The van der Waals surface area contributed by atoms with E-state index in [2.05, 4.69) is 24.5 Å². The molecule has 0 aromatic carbocycles. The second-order valence-electron chi connectivity index (χ2n) is 11.7. The molecule has 0 aromatic rings. The molecule has 11 nitrogen and oxygen atoms in total. The highest BCUT2D eigenvalue weighted by molar-refractivity contribution is 6.37. The molecule has 3 aliphatic carbocycles. The molecule has 4 amide bonds. The lowest BCUT2D eigenvalue weighted by molar-refractivity contribution is -0.144. The molecule has 5 atom stereocenters. The number of fused-ring (bicyclic) bond motifs is 1. The minimum Gasteiger partial charge on any atom is -0.422 e. The molecule has 1 saturated heterocycles. The van der Waals surface area contributed by atoms with Crippen LogP contribution in [0.2, 0.25) is 0 Å². The molecule has 37 heavy (non-hydrogen) atoms. The number of nitrogens with two attached hydrogens (primary N) is 1. The number of ether oxygens (including phenoxy) is 2. The summed E-state index contributed by atoms with van der Waals surface area (Å²) in [6, 6.07) is -2.61. The van der Waals surface area contributed by atoms with Crippen molar-refractivity contribution < 1.29 is 33.4 Å². The van der Waals surface area contributed by atoms with Crippen LogP contribution in [0.3, 0.4) is 0 Å². The zero-order valence-corrected chi connectivity index (χ0v) is 22.0. The van der Waals surface area contributed by atoms with Gasteiger partial charge >= 0.3 is 6.09 Å². The Morgan fingerprint density at radius 3 is 2.30 bits per heavy atom. The molecule has 4 N–H and O–H groups in total. The number of Topliss-reactive ketones (excluding diaryl/α,β-unsaturated/α-hetero) is 1. The number of hydrogen-bond donors (Lipinski definition) is 3. The summed E-state index contributed by atoms with van der Waals surface area (Å²) in [5, 5.41) is 5.50. The van der Waals surface area contributed by atoms with Gasteiger partial charge in [-0.3, -0.25) is 19.2 Å². The van der Waals surface area contributed by atoms with E-state index < -0.39 is 41.8 Å². The van der Waals surface area contributed by atoms with Crippen LogP contribution in [0.4, 0.5) is 4.79 Å². The van der Waals surface area contributed by atoms with E-state index >= 15 is 0 Å². The van der Waals surface area contributed by atoms with Gasteiger partial charge in [0.05, 0.1) is 6.04 Å². The summed E-state index contributed by atoms with van der Waals surface area (Å²) in [7, 11) is 1.40. The number of ketones is 1. The van der Waals surface area contributed by atoms with E-state index in [-0.39, 0.29) is 41.8 Å². The number of nitrogens with zero attached hydrogens (tertiary/aromatic N) is 1. The maximum atomic E-state index is 14.0. The Hall–Kier alpha value is -2.69. The lowest BCUT2D eigenvalue weighted by Gasteiger charge is -2.37. The molecule has 0 bridgehead atoms. The monoisotopic (exact) mass is 520 g/mol. The van der Waals surface area contributed by atoms with Gasteiger partial charge in [0, 0.05) is 13.7 Å². The van der Waals surface area contributed by atoms with Crippen LogP contribution in [0.5, 0.6) is 0 Å². The number of carbonyl (C=O) groups excluding carboxylic acids is 5. The lowest BCUT2D eigenvalue weighted by atomic mass is 9.83. The van der Waals surface area contributed by atoms with Crippen LogP contribution in [0.15, 0.2) is 0 Å². The molecular weight excluding hydrogens is 480 g/mol. The highest BCUT2D eigenvalue weighted by atomic mass is 16.7. The molecule has 4 fully saturated rings. The summed E-state index contributed by atoms with van der Waals surface area (Å²) in [4.78, 5) is 65.7. The summed E-state index contributed by atoms with van der Waals surface area (Å²) < 4.78 is 9.81. The Morgan fingerprint density at radius 2 is 1.70 bits per heavy atom.